The third kappa shape index (κ3) is 2.61. The Labute approximate surface area is 123 Å². The molecule has 114 valence electrons. The van der Waals surface area contributed by atoms with Gasteiger partial charge < -0.3 is 10.5 Å². The minimum Gasteiger partial charge on any atom is -0.381 e. The average Bonchev–Trinajstić information content (AvgIpc) is 2.99. The summed E-state index contributed by atoms with van der Waals surface area (Å²) >= 11 is 0. The quantitative estimate of drug-likeness (QED) is 0.862. The van der Waals surface area contributed by atoms with Crippen LogP contribution in [0.1, 0.15) is 13.3 Å². The van der Waals surface area contributed by atoms with E-state index in [1.54, 1.807) is 24.4 Å². The summed E-state index contributed by atoms with van der Waals surface area (Å²) in [5.74, 6) is 0.185. The molecule has 3 heterocycles. The molecule has 1 saturated heterocycles. The smallest absolute Gasteiger partial charge is 0.260 e. The lowest BCUT2D eigenvalue weighted by Crippen LogP contribution is -2.33. The van der Waals surface area contributed by atoms with Gasteiger partial charge in [0.05, 0.1) is 6.10 Å². The molecule has 0 radical (unpaired) electrons. The Morgan fingerprint density at radius 3 is 3.05 bits per heavy atom. The van der Waals surface area contributed by atoms with Gasteiger partial charge in [0.15, 0.2) is 10.8 Å². The van der Waals surface area contributed by atoms with E-state index in [9.17, 15) is 8.42 Å². The molecule has 0 saturated carbocycles. The standard InChI is InChI=1S/C13H18N4O3S/c1-9-10(5-7-20-9)8-15-21(18,19)13-12(14)16-11-4-2-3-6-17(11)13/h2-4,6,9-10,15H,5,7-8,14H2,1H3. The number of rotatable bonds is 4. The number of nitrogens with two attached hydrogens (primary N) is 1. The molecule has 1 fully saturated rings. The molecule has 1 aliphatic heterocycles. The van der Waals surface area contributed by atoms with Crippen molar-refractivity contribution in [2.75, 3.05) is 18.9 Å². The van der Waals surface area contributed by atoms with Crippen LogP contribution in [-0.2, 0) is 14.8 Å². The van der Waals surface area contributed by atoms with Crippen molar-refractivity contribution in [1.82, 2.24) is 14.1 Å². The zero-order valence-corrected chi connectivity index (χ0v) is 12.5. The summed E-state index contributed by atoms with van der Waals surface area (Å²) in [7, 11) is -3.72. The lowest BCUT2D eigenvalue weighted by Gasteiger charge is -2.14. The number of sulfonamides is 1. The number of anilines is 1. The van der Waals surface area contributed by atoms with Crippen molar-refractivity contribution in [2.24, 2.45) is 5.92 Å². The van der Waals surface area contributed by atoms with Crippen molar-refractivity contribution in [3.8, 4) is 0 Å². The highest BCUT2D eigenvalue weighted by molar-refractivity contribution is 7.89. The maximum Gasteiger partial charge on any atom is 0.260 e. The molecular formula is C13H18N4O3S. The minimum atomic E-state index is -3.72. The fourth-order valence-electron chi connectivity index (χ4n) is 2.59. The second kappa shape index (κ2) is 5.28. The predicted molar refractivity (Wildman–Crippen MR) is 78.3 cm³/mol. The molecule has 1 aliphatic rings. The number of nitrogens with one attached hydrogen (secondary N) is 1. The van der Waals surface area contributed by atoms with Crippen molar-refractivity contribution >= 4 is 21.5 Å². The van der Waals surface area contributed by atoms with E-state index >= 15 is 0 Å². The van der Waals surface area contributed by atoms with Crippen molar-refractivity contribution in [3.05, 3.63) is 24.4 Å². The Morgan fingerprint density at radius 1 is 1.52 bits per heavy atom. The summed E-state index contributed by atoms with van der Waals surface area (Å²) in [4.78, 5) is 4.07. The van der Waals surface area contributed by atoms with E-state index in [1.165, 1.54) is 4.40 Å². The average molecular weight is 310 g/mol. The molecule has 3 rings (SSSR count). The third-order valence-electron chi connectivity index (χ3n) is 3.83. The molecule has 8 heteroatoms. The zero-order valence-electron chi connectivity index (χ0n) is 11.7. The Hall–Kier alpha value is -1.64. The fourth-order valence-corrected chi connectivity index (χ4v) is 3.89. The number of aromatic nitrogens is 2. The molecule has 21 heavy (non-hydrogen) atoms. The maximum absolute atomic E-state index is 12.5. The van der Waals surface area contributed by atoms with Crippen LogP contribution in [0.25, 0.3) is 5.65 Å². The van der Waals surface area contributed by atoms with Gasteiger partial charge in [0.1, 0.15) is 5.65 Å². The van der Waals surface area contributed by atoms with E-state index in [0.29, 0.717) is 18.8 Å². The summed E-state index contributed by atoms with van der Waals surface area (Å²) in [5.41, 5.74) is 6.28. The highest BCUT2D eigenvalue weighted by Crippen LogP contribution is 2.22. The van der Waals surface area contributed by atoms with Gasteiger partial charge >= 0.3 is 0 Å². The van der Waals surface area contributed by atoms with Gasteiger partial charge in [-0.1, -0.05) is 6.07 Å². The van der Waals surface area contributed by atoms with Crippen LogP contribution in [0.3, 0.4) is 0 Å². The first-order chi connectivity index (χ1) is 9.99. The summed E-state index contributed by atoms with van der Waals surface area (Å²) in [5, 5.41) is -0.00957. The van der Waals surface area contributed by atoms with Crippen LogP contribution in [0.2, 0.25) is 0 Å². The zero-order chi connectivity index (χ0) is 15.0. The normalized spacial score (nSPS) is 22.9. The van der Waals surface area contributed by atoms with Crippen molar-refractivity contribution in [3.63, 3.8) is 0 Å². The van der Waals surface area contributed by atoms with Gasteiger partial charge in [0.2, 0.25) is 0 Å². The molecule has 0 aromatic carbocycles. The van der Waals surface area contributed by atoms with Crippen molar-refractivity contribution in [2.45, 2.75) is 24.5 Å². The highest BCUT2D eigenvalue weighted by Gasteiger charge is 2.28. The Balaban J connectivity index is 1.88. The number of fused-ring (bicyclic) bond motifs is 1. The molecule has 2 aromatic heterocycles. The maximum atomic E-state index is 12.5. The number of ether oxygens (including phenoxy) is 1. The molecule has 0 bridgehead atoms. The van der Waals surface area contributed by atoms with Crippen LogP contribution in [0.15, 0.2) is 29.4 Å². The van der Waals surface area contributed by atoms with E-state index in [2.05, 4.69) is 9.71 Å². The molecule has 2 aromatic rings. The first-order valence-corrected chi connectivity index (χ1v) is 8.31. The summed E-state index contributed by atoms with van der Waals surface area (Å²) in [6.07, 6.45) is 2.55. The van der Waals surface area contributed by atoms with Gasteiger partial charge in [-0.15, -0.1) is 0 Å². The molecule has 0 spiro atoms. The van der Waals surface area contributed by atoms with Gasteiger partial charge in [-0.25, -0.2) is 18.1 Å². The lowest BCUT2D eigenvalue weighted by molar-refractivity contribution is 0.107. The van der Waals surface area contributed by atoms with Gasteiger partial charge in [-0.3, -0.25) is 4.40 Å². The van der Waals surface area contributed by atoms with Gasteiger partial charge in [-0.2, -0.15) is 0 Å². The van der Waals surface area contributed by atoms with Crippen LogP contribution < -0.4 is 10.5 Å². The molecular weight excluding hydrogens is 292 g/mol. The van der Waals surface area contributed by atoms with E-state index in [-0.39, 0.29) is 22.9 Å². The van der Waals surface area contributed by atoms with E-state index in [1.807, 2.05) is 6.92 Å². The molecule has 7 nitrogen and oxygen atoms in total. The minimum absolute atomic E-state index is 0.00409. The van der Waals surface area contributed by atoms with E-state index in [4.69, 9.17) is 10.5 Å². The van der Waals surface area contributed by atoms with Crippen LogP contribution >= 0.6 is 0 Å². The first kappa shape index (κ1) is 14.3. The molecule has 0 amide bonds. The first-order valence-electron chi connectivity index (χ1n) is 6.83. The monoisotopic (exact) mass is 310 g/mol. The lowest BCUT2D eigenvalue weighted by atomic mass is 10.0. The van der Waals surface area contributed by atoms with Gasteiger partial charge in [0.25, 0.3) is 10.0 Å². The summed E-state index contributed by atoms with van der Waals surface area (Å²) in [6.45, 7) is 2.96. The fraction of sp³-hybridized carbons (Fsp3) is 0.462. The highest BCUT2D eigenvalue weighted by atomic mass is 32.2. The second-order valence-electron chi connectivity index (χ2n) is 5.21. The molecule has 3 N–H and O–H groups in total. The number of nitrogen functional groups attached to an aromatic ring is 1. The second-order valence-corrected chi connectivity index (χ2v) is 6.89. The van der Waals surface area contributed by atoms with Gasteiger partial charge in [0, 0.05) is 25.3 Å². The van der Waals surface area contributed by atoms with Crippen LogP contribution in [0.5, 0.6) is 0 Å². The van der Waals surface area contributed by atoms with E-state index in [0.717, 1.165) is 6.42 Å². The van der Waals surface area contributed by atoms with Crippen molar-refractivity contribution in [1.29, 1.82) is 0 Å². The number of pyridine rings is 1. The van der Waals surface area contributed by atoms with Gasteiger partial charge in [-0.05, 0) is 25.5 Å². The number of nitrogens with zero attached hydrogens (tertiary/aromatic N) is 2. The third-order valence-corrected chi connectivity index (χ3v) is 5.30. The van der Waals surface area contributed by atoms with Crippen LogP contribution in [0.4, 0.5) is 5.82 Å². The Bertz CT molecular complexity index is 756. The number of hydrogen-bond acceptors (Lipinski definition) is 5. The Kier molecular flexibility index (Phi) is 3.60. The largest absolute Gasteiger partial charge is 0.381 e. The Morgan fingerprint density at radius 2 is 2.33 bits per heavy atom. The summed E-state index contributed by atoms with van der Waals surface area (Å²) in [6, 6.07) is 5.23. The molecule has 0 aliphatic carbocycles. The molecule has 2 atom stereocenters. The summed E-state index contributed by atoms with van der Waals surface area (Å²) < 4.78 is 34.5. The SMILES string of the molecule is CC1OCCC1CNS(=O)(=O)c1c(N)nc2ccccn12. The topological polar surface area (TPSA) is 98.7 Å². The van der Waals surface area contributed by atoms with E-state index < -0.39 is 10.0 Å². The molecule has 2 unspecified atom stereocenters. The predicted octanol–water partition coefficient (Wildman–Crippen LogP) is 0.620. The number of imidazole rings is 1. The van der Waals surface area contributed by atoms with Crippen LogP contribution in [0, 0.1) is 5.92 Å². The number of hydrogen-bond donors (Lipinski definition) is 2. The van der Waals surface area contributed by atoms with Crippen molar-refractivity contribution < 1.29 is 13.2 Å². The van der Waals surface area contributed by atoms with Crippen LogP contribution in [-0.4, -0.2) is 37.1 Å².